The number of hydrogen-bond donors (Lipinski definition) is 2. The van der Waals surface area contributed by atoms with Crippen molar-refractivity contribution in [2.75, 3.05) is 38.0 Å². The quantitative estimate of drug-likeness (QED) is 0.811. The number of halogens is 1. The predicted molar refractivity (Wildman–Crippen MR) is 85.8 cm³/mol. The molecule has 9 heteroatoms. The van der Waals surface area contributed by atoms with E-state index in [0.717, 1.165) is 0 Å². The minimum absolute atomic E-state index is 0.0869. The van der Waals surface area contributed by atoms with Crippen LogP contribution in [-0.2, 0) is 15.0 Å². The molecule has 1 amide bonds. The van der Waals surface area contributed by atoms with E-state index in [4.69, 9.17) is 16.7 Å². The van der Waals surface area contributed by atoms with Crippen LogP contribution in [0.15, 0.2) is 24.3 Å². The molecule has 2 rings (SSSR count). The zero-order valence-corrected chi connectivity index (χ0v) is 13.6. The monoisotopic (exact) mass is 346 g/mol. The molecule has 7 nitrogen and oxygen atoms in total. The van der Waals surface area contributed by atoms with Crippen molar-refractivity contribution in [3.05, 3.63) is 29.3 Å². The van der Waals surface area contributed by atoms with Gasteiger partial charge in [0.25, 0.3) is 10.2 Å². The first-order chi connectivity index (χ1) is 10.3. The molecule has 0 bridgehead atoms. The van der Waals surface area contributed by atoms with Gasteiger partial charge in [-0.3, -0.25) is 4.79 Å². The molecule has 1 heterocycles. The summed E-state index contributed by atoms with van der Waals surface area (Å²) in [6.45, 7) is 2.45. The van der Waals surface area contributed by atoms with Gasteiger partial charge in [-0.2, -0.15) is 12.7 Å². The van der Waals surface area contributed by atoms with Crippen LogP contribution in [0.5, 0.6) is 0 Å². The largest absolute Gasteiger partial charge is 0.326 e. The second-order valence-corrected chi connectivity index (χ2v) is 7.07. The Labute approximate surface area is 135 Å². The fourth-order valence-electron chi connectivity index (χ4n) is 2.22. The van der Waals surface area contributed by atoms with E-state index in [-0.39, 0.29) is 5.91 Å². The van der Waals surface area contributed by atoms with Crippen LogP contribution in [0.2, 0.25) is 5.02 Å². The van der Waals surface area contributed by atoms with E-state index in [1.54, 1.807) is 24.3 Å². The van der Waals surface area contributed by atoms with Crippen LogP contribution in [0.4, 0.5) is 5.69 Å². The number of amides is 1. The number of hydrogen-bond acceptors (Lipinski definition) is 4. The highest BCUT2D eigenvalue weighted by Gasteiger charge is 2.23. The molecule has 0 aromatic heterocycles. The van der Waals surface area contributed by atoms with E-state index in [1.807, 2.05) is 4.90 Å². The van der Waals surface area contributed by atoms with Crippen molar-refractivity contribution in [1.82, 2.24) is 9.21 Å². The zero-order chi connectivity index (χ0) is 16.2. The Kier molecular flexibility index (Phi) is 5.76. The normalized spacial score (nSPS) is 17.4. The second-order valence-electron chi connectivity index (χ2n) is 5.09. The maximum Gasteiger partial charge on any atom is 0.276 e. The van der Waals surface area contributed by atoms with Gasteiger partial charge >= 0.3 is 0 Å². The highest BCUT2D eigenvalue weighted by atomic mass is 35.5. The van der Waals surface area contributed by atoms with Crippen LogP contribution < -0.4 is 10.5 Å². The number of carbonyl (C=O) groups excluding carboxylic acids is 1. The van der Waals surface area contributed by atoms with Crippen molar-refractivity contribution < 1.29 is 13.2 Å². The van der Waals surface area contributed by atoms with Crippen LogP contribution in [0, 0.1) is 0 Å². The molecule has 0 radical (unpaired) electrons. The molecule has 1 aromatic carbocycles. The van der Waals surface area contributed by atoms with Gasteiger partial charge in [-0.1, -0.05) is 11.6 Å². The van der Waals surface area contributed by atoms with Crippen molar-refractivity contribution in [3.63, 3.8) is 0 Å². The third-order valence-electron chi connectivity index (χ3n) is 3.47. The Morgan fingerprint density at radius 1 is 1.18 bits per heavy atom. The fraction of sp³-hybridized carbons (Fsp3) is 0.462. The Morgan fingerprint density at radius 2 is 1.77 bits per heavy atom. The first kappa shape index (κ1) is 17.2. The first-order valence-corrected chi connectivity index (χ1v) is 8.78. The number of nitrogens with two attached hydrogens (primary N) is 1. The summed E-state index contributed by atoms with van der Waals surface area (Å²) < 4.78 is 23.6. The summed E-state index contributed by atoms with van der Waals surface area (Å²) in [7, 11) is -3.61. The standard InChI is InChI=1S/C13H19ClN4O3S/c14-11-1-3-12(4-2-11)16-13(19)5-6-17-7-9-18(10-8-17)22(15,20)21/h1-4H,5-10H2,(H,16,19)(H2,15,20,21). The maximum absolute atomic E-state index is 11.9. The van der Waals surface area contributed by atoms with Gasteiger partial charge < -0.3 is 10.2 Å². The van der Waals surface area contributed by atoms with E-state index < -0.39 is 10.2 Å². The lowest BCUT2D eigenvalue weighted by molar-refractivity contribution is -0.116. The summed E-state index contributed by atoms with van der Waals surface area (Å²) >= 11 is 5.78. The third kappa shape index (κ3) is 5.22. The summed E-state index contributed by atoms with van der Waals surface area (Å²) in [5.74, 6) is -0.0869. The summed E-state index contributed by atoms with van der Waals surface area (Å²) in [5, 5.41) is 8.49. The Morgan fingerprint density at radius 3 is 2.32 bits per heavy atom. The van der Waals surface area contributed by atoms with Gasteiger partial charge in [0, 0.05) is 49.9 Å². The van der Waals surface area contributed by atoms with E-state index in [9.17, 15) is 13.2 Å². The van der Waals surface area contributed by atoms with Gasteiger partial charge in [0.15, 0.2) is 0 Å². The zero-order valence-electron chi connectivity index (χ0n) is 12.0. The highest BCUT2D eigenvalue weighted by molar-refractivity contribution is 7.86. The lowest BCUT2D eigenvalue weighted by Gasteiger charge is -2.32. The average molecular weight is 347 g/mol. The molecule has 122 valence electrons. The maximum atomic E-state index is 11.9. The van der Waals surface area contributed by atoms with Gasteiger partial charge in [0.1, 0.15) is 0 Å². The van der Waals surface area contributed by atoms with Crippen LogP contribution in [0.25, 0.3) is 0 Å². The molecule has 0 saturated carbocycles. The van der Waals surface area contributed by atoms with Gasteiger partial charge in [0.2, 0.25) is 5.91 Å². The van der Waals surface area contributed by atoms with Crippen molar-refractivity contribution in [2.45, 2.75) is 6.42 Å². The minimum atomic E-state index is -3.61. The fourth-order valence-corrected chi connectivity index (χ4v) is 3.02. The molecule has 1 saturated heterocycles. The Bertz CT molecular complexity index is 613. The number of nitrogens with one attached hydrogen (secondary N) is 1. The molecule has 3 N–H and O–H groups in total. The predicted octanol–water partition coefficient (Wildman–Crippen LogP) is 0.490. The van der Waals surface area contributed by atoms with Crippen molar-refractivity contribution in [2.24, 2.45) is 5.14 Å². The third-order valence-corrected chi connectivity index (χ3v) is 4.81. The minimum Gasteiger partial charge on any atom is -0.326 e. The van der Waals surface area contributed by atoms with Crippen LogP contribution in [0.3, 0.4) is 0 Å². The first-order valence-electron chi connectivity index (χ1n) is 6.90. The molecule has 1 aromatic rings. The van der Waals surface area contributed by atoms with Gasteiger partial charge in [-0.25, -0.2) is 5.14 Å². The van der Waals surface area contributed by atoms with Crippen LogP contribution in [-0.4, -0.2) is 56.3 Å². The van der Waals surface area contributed by atoms with E-state index in [0.29, 0.717) is 49.9 Å². The van der Waals surface area contributed by atoms with Crippen molar-refractivity contribution >= 4 is 33.4 Å². The molecule has 0 spiro atoms. The van der Waals surface area contributed by atoms with Crippen molar-refractivity contribution in [3.8, 4) is 0 Å². The molecule has 22 heavy (non-hydrogen) atoms. The van der Waals surface area contributed by atoms with E-state index in [1.165, 1.54) is 4.31 Å². The summed E-state index contributed by atoms with van der Waals surface area (Å²) in [6.07, 6.45) is 0.345. The number of piperazine rings is 1. The number of carbonyl (C=O) groups is 1. The summed E-state index contributed by atoms with van der Waals surface area (Å²) in [4.78, 5) is 13.9. The lowest BCUT2D eigenvalue weighted by atomic mass is 10.3. The highest BCUT2D eigenvalue weighted by Crippen LogP contribution is 2.13. The summed E-state index contributed by atoms with van der Waals surface area (Å²) in [6, 6.07) is 6.91. The van der Waals surface area contributed by atoms with E-state index in [2.05, 4.69) is 5.32 Å². The van der Waals surface area contributed by atoms with Crippen LogP contribution in [0.1, 0.15) is 6.42 Å². The number of benzene rings is 1. The second kappa shape index (κ2) is 7.38. The smallest absolute Gasteiger partial charge is 0.276 e. The van der Waals surface area contributed by atoms with Crippen molar-refractivity contribution in [1.29, 1.82) is 0 Å². The molecule has 0 aliphatic carbocycles. The lowest BCUT2D eigenvalue weighted by Crippen LogP contribution is -2.50. The number of anilines is 1. The number of nitrogens with zero attached hydrogens (tertiary/aromatic N) is 2. The summed E-state index contributed by atoms with van der Waals surface area (Å²) in [5.41, 5.74) is 0.702. The van der Waals surface area contributed by atoms with Gasteiger partial charge in [0.05, 0.1) is 0 Å². The average Bonchev–Trinajstić information content (AvgIpc) is 2.47. The SMILES string of the molecule is NS(=O)(=O)N1CCN(CCC(=O)Nc2ccc(Cl)cc2)CC1. The molecular weight excluding hydrogens is 328 g/mol. The molecule has 1 aliphatic rings. The Hall–Kier alpha value is -1.19. The Balaban J connectivity index is 1.72. The van der Waals surface area contributed by atoms with Gasteiger partial charge in [-0.15, -0.1) is 0 Å². The van der Waals surface area contributed by atoms with Crippen LogP contribution >= 0.6 is 11.6 Å². The topological polar surface area (TPSA) is 95.7 Å². The number of rotatable bonds is 5. The molecular formula is C13H19ClN4O3S. The molecule has 0 unspecified atom stereocenters. The molecule has 0 atom stereocenters. The van der Waals surface area contributed by atoms with E-state index >= 15 is 0 Å². The van der Waals surface area contributed by atoms with Gasteiger partial charge in [-0.05, 0) is 24.3 Å². The molecule has 1 fully saturated rings. The molecule has 1 aliphatic heterocycles.